The number of non-ortho nitro benzene ring substituents is 1. The van der Waals surface area contributed by atoms with E-state index in [-0.39, 0.29) is 34.9 Å². The zero-order chi connectivity index (χ0) is 26.0. The summed E-state index contributed by atoms with van der Waals surface area (Å²) in [6.07, 6.45) is 1.51. The fourth-order valence-electron chi connectivity index (χ4n) is 3.88. The first-order valence-corrected chi connectivity index (χ1v) is 12.3. The molecule has 1 saturated heterocycles. The van der Waals surface area contributed by atoms with Crippen molar-refractivity contribution in [3.63, 3.8) is 0 Å². The molecule has 0 saturated carbocycles. The van der Waals surface area contributed by atoms with E-state index < -0.39 is 10.8 Å². The monoisotopic (exact) mass is 506 g/mol. The second-order valence-corrected chi connectivity index (χ2v) is 9.83. The normalized spacial score (nSPS) is 14.8. The van der Waals surface area contributed by atoms with Crippen LogP contribution in [0.15, 0.2) is 57.9 Å². The third-order valence-corrected chi connectivity index (χ3v) is 6.74. The lowest BCUT2D eigenvalue weighted by Crippen LogP contribution is -2.32. The molecule has 2 heterocycles. The van der Waals surface area contributed by atoms with Gasteiger partial charge in [-0.25, -0.2) is 0 Å². The third kappa shape index (κ3) is 5.36. The van der Waals surface area contributed by atoms with E-state index >= 15 is 0 Å². The van der Waals surface area contributed by atoms with Crippen LogP contribution in [0.3, 0.4) is 0 Å². The summed E-state index contributed by atoms with van der Waals surface area (Å²) in [5.41, 5.74) is 3.51. The van der Waals surface area contributed by atoms with Crippen molar-refractivity contribution in [2.45, 2.75) is 33.6 Å². The summed E-state index contributed by atoms with van der Waals surface area (Å²) in [7, 11) is 0. The van der Waals surface area contributed by atoms with Gasteiger partial charge in [-0.15, -0.1) is 0 Å². The number of amides is 2. The van der Waals surface area contributed by atoms with Gasteiger partial charge in [-0.2, -0.15) is 0 Å². The van der Waals surface area contributed by atoms with Gasteiger partial charge in [-0.3, -0.25) is 24.6 Å². The van der Waals surface area contributed by atoms with E-state index in [0.717, 1.165) is 39.1 Å². The van der Waals surface area contributed by atoms with Crippen LogP contribution in [0.1, 0.15) is 42.2 Å². The minimum atomic E-state index is -0.463. The highest BCUT2D eigenvalue weighted by atomic mass is 32.2. The standard InChI is InChI=1S/C27H26N2O6S/c1-16(2)21-9-5-17(3)13-24(21)34-12-11-28-26(30)25(36-27(28)31)15-20-8-10-23(35-20)22-14-19(29(32)33)7-6-18(22)4/h5-10,13-16H,11-12H2,1-4H3/b25-15-. The summed E-state index contributed by atoms with van der Waals surface area (Å²) in [4.78, 5) is 37.5. The molecule has 2 aromatic carbocycles. The molecule has 0 unspecified atom stereocenters. The molecule has 2 amide bonds. The number of ether oxygens (including phenoxy) is 1. The smallest absolute Gasteiger partial charge is 0.293 e. The Balaban J connectivity index is 1.45. The Morgan fingerprint density at radius 2 is 1.89 bits per heavy atom. The molecule has 1 aliphatic rings. The van der Waals surface area contributed by atoms with E-state index in [4.69, 9.17) is 9.15 Å². The Morgan fingerprint density at radius 1 is 1.11 bits per heavy atom. The lowest BCUT2D eigenvalue weighted by molar-refractivity contribution is -0.384. The summed E-state index contributed by atoms with van der Waals surface area (Å²) < 4.78 is 11.8. The Labute approximate surface area is 213 Å². The SMILES string of the molecule is Cc1ccc(C(C)C)c(OCCN2C(=O)S/C(=C\c3ccc(-c4cc([N+](=O)[O-])ccc4C)o3)C2=O)c1. The maximum Gasteiger partial charge on any atom is 0.293 e. The number of nitro benzene ring substituents is 1. The highest BCUT2D eigenvalue weighted by molar-refractivity contribution is 8.18. The van der Waals surface area contributed by atoms with Gasteiger partial charge in [0, 0.05) is 23.8 Å². The van der Waals surface area contributed by atoms with Gasteiger partial charge in [0.15, 0.2) is 0 Å². The number of thioether (sulfide) groups is 1. The van der Waals surface area contributed by atoms with Crippen molar-refractivity contribution in [1.82, 2.24) is 4.90 Å². The predicted molar refractivity (Wildman–Crippen MR) is 139 cm³/mol. The van der Waals surface area contributed by atoms with Crippen LogP contribution in [0.4, 0.5) is 10.5 Å². The van der Waals surface area contributed by atoms with Gasteiger partial charge in [-0.05, 0) is 66.4 Å². The number of nitro groups is 1. The molecule has 0 radical (unpaired) electrons. The summed E-state index contributed by atoms with van der Waals surface area (Å²) in [5, 5.41) is 10.8. The van der Waals surface area contributed by atoms with Gasteiger partial charge in [-0.1, -0.05) is 32.0 Å². The van der Waals surface area contributed by atoms with Crippen molar-refractivity contribution in [3.8, 4) is 17.1 Å². The highest BCUT2D eigenvalue weighted by Gasteiger charge is 2.35. The summed E-state index contributed by atoms with van der Waals surface area (Å²) in [6.45, 7) is 8.29. The van der Waals surface area contributed by atoms with Crippen molar-refractivity contribution in [2.24, 2.45) is 0 Å². The third-order valence-electron chi connectivity index (χ3n) is 5.83. The number of rotatable bonds is 8. The van der Waals surface area contributed by atoms with Crippen LogP contribution in [0.25, 0.3) is 17.4 Å². The van der Waals surface area contributed by atoms with E-state index in [0.29, 0.717) is 17.1 Å². The molecule has 186 valence electrons. The second-order valence-electron chi connectivity index (χ2n) is 8.84. The summed E-state index contributed by atoms with van der Waals surface area (Å²) >= 11 is 0.842. The minimum absolute atomic E-state index is 0.0388. The number of furan rings is 1. The predicted octanol–water partition coefficient (Wildman–Crippen LogP) is 6.71. The van der Waals surface area contributed by atoms with Crippen molar-refractivity contribution in [2.75, 3.05) is 13.2 Å². The molecule has 1 aliphatic heterocycles. The van der Waals surface area contributed by atoms with Crippen molar-refractivity contribution in [3.05, 3.63) is 86.0 Å². The first-order chi connectivity index (χ1) is 17.1. The van der Waals surface area contributed by atoms with E-state index in [1.807, 2.05) is 32.0 Å². The lowest BCUT2D eigenvalue weighted by Gasteiger charge is -2.17. The van der Waals surface area contributed by atoms with E-state index in [1.54, 1.807) is 18.2 Å². The van der Waals surface area contributed by atoms with Crippen LogP contribution >= 0.6 is 11.8 Å². The molecule has 8 nitrogen and oxygen atoms in total. The van der Waals surface area contributed by atoms with E-state index in [1.165, 1.54) is 18.2 Å². The first-order valence-electron chi connectivity index (χ1n) is 11.5. The number of hydrogen-bond donors (Lipinski definition) is 0. The number of nitrogens with zero attached hydrogens (tertiary/aromatic N) is 2. The molecule has 3 aromatic rings. The molecule has 0 aliphatic carbocycles. The summed E-state index contributed by atoms with van der Waals surface area (Å²) in [6, 6.07) is 13.9. The van der Waals surface area contributed by atoms with Gasteiger partial charge >= 0.3 is 0 Å². The fourth-order valence-corrected chi connectivity index (χ4v) is 4.72. The largest absolute Gasteiger partial charge is 0.491 e. The van der Waals surface area contributed by atoms with Crippen LogP contribution in [-0.2, 0) is 4.79 Å². The Kier molecular flexibility index (Phi) is 7.30. The average molecular weight is 507 g/mol. The van der Waals surface area contributed by atoms with Gasteiger partial charge in [0.25, 0.3) is 16.8 Å². The van der Waals surface area contributed by atoms with E-state index in [2.05, 4.69) is 13.8 Å². The number of hydrogen-bond acceptors (Lipinski definition) is 7. The van der Waals surface area contributed by atoms with Crippen molar-refractivity contribution in [1.29, 1.82) is 0 Å². The Bertz CT molecular complexity index is 1370. The lowest BCUT2D eigenvalue weighted by atomic mass is 10.0. The van der Waals surface area contributed by atoms with E-state index in [9.17, 15) is 19.7 Å². The van der Waals surface area contributed by atoms with Crippen LogP contribution in [0.5, 0.6) is 5.75 Å². The average Bonchev–Trinajstić information content (AvgIpc) is 3.39. The quantitative estimate of drug-likeness (QED) is 0.190. The maximum atomic E-state index is 12.9. The molecule has 0 bridgehead atoms. The van der Waals surface area contributed by atoms with Crippen LogP contribution in [0, 0.1) is 24.0 Å². The zero-order valence-corrected chi connectivity index (χ0v) is 21.3. The van der Waals surface area contributed by atoms with Crippen LogP contribution in [0.2, 0.25) is 0 Å². The van der Waals surface area contributed by atoms with Crippen LogP contribution < -0.4 is 4.74 Å². The molecule has 1 fully saturated rings. The molecule has 0 spiro atoms. The number of carbonyl (C=O) groups is 2. The van der Waals surface area contributed by atoms with Crippen LogP contribution in [-0.4, -0.2) is 34.1 Å². The molecule has 9 heteroatoms. The van der Waals surface area contributed by atoms with Gasteiger partial charge < -0.3 is 9.15 Å². The Morgan fingerprint density at radius 3 is 2.61 bits per heavy atom. The zero-order valence-electron chi connectivity index (χ0n) is 20.4. The maximum absolute atomic E-state index is 12.9. The summed E-state index contributed by atoms with van der Waals surface area (Å²) in [5.74, 6) is 1.44. The van der Waals surface area contributed by atoms with Gasteiger partial charge in [0.1, 0.15) is 23.9 Å². The van der Waals surface area contributed by atoms with Gasteiger partial charge in [0.2, 0.25) is 0 Å². The molecule has 4 rings (SSSR count). The van der Waals surface area contributed by atoms with Gasteiger partial charge in [0.05, 0.1) is 16.4 Å². The number of imide groups is 1. The topological polar surface area (TPSA) is 103 Å². The molecule has 0 N–H and O–H groups in total. The second kappa shape index (κ2) is 10.4. The highest BCUT2D eigenvalue weighted by Crippen LogP contribution is 2.35. The molecule has 0 atom stereocenters. The van der Waals surface area contributed by atoms with Crippen molar-refractivity contribution >= 4 is 34.7 Å². The molecular formula is C27H26N2O6S. The first kappa shape index (κ1) is 25.2. The molecule has 1 aromatic heterocycles. The minimum Gasteiger partial charge on any atom is -0.491 e. The fraction of sp³-hybridized carbons (Fsp3) is 0.259. The number of carbonyl (C=O) groups excluding carboxylic acids is 2. The Hall–Kier alpha value is -3.85. The molecular weight excluding hydrogens is 480 g/mol. The van der Waals surface area contributed by atoms with Crippen molar-refractivity contribution < 1.29 is 23.7 Å². The number of benzene rings is 2. The number of aryl methyl sites for hydroxylation is 2. The molecule has 36 heavy (non-hydrogen) atoms.